The molecule has 0 aliphatic carbocycles. The molecular weight excluding hydrogens is 156 g/mol. The number of thiophene rings is 1. The van der Waals surface area contributed by atoms with Gasteiger partial charge in [0.25, 0.3) is 0 Å². The third-order valence-corrected chi connectivity index (χ3v) is 2.93. The van der Waals surface area contributed by atoms with Crippen LogP contribution in [0.2, 0.25) is 0 Å². The van der Waals surface area contributed by atoms with Crippen molar-refractivity contribution in [2.45, 2.75) is 20.8 Å². The van der Waals surface area contributed by atoms with Crippen LogP contribution in [0.15, 0.2) is 10.5 Å². The molecule has 58 valence electrons. The summed E-state index contributed by atoms with van der Waals surface area (Å²) in [4.78, 5) is 2.39. The van der Waals surface area contributed by atoms with Crippen molar-refractivity contribution in [3.8, 4) is 0 Å². The van der Waals surface area contributed by atoms with Crippen molar-refractivity contribution in [1.29, 1.82) is 0 Å². The second-order valence-corrected chi connectivity index (χ2v) is 4.06. The summed E-state index contributed by atoms with van der Waals surface area (Å²) in [5.41, 5.74) is 1.28. The Hall–Kier alpha value is -0.760. The molecular formula is C9H10OS. The van der Waals surface area contributed by atoms with Gasteiger partial charge < -0.3 is 4.42 Å². The van der Waals surface area contributed by atoms with E-state index in [9.17, 15) is 0 Å². The lowest BCUT2D eigenvalue weighted by atomic mass is 10.2. The van der Waals surface area contributed by atoms with Gasteiger partial charge in [0.2, 0.25) is 0 Å². The van der Waals surface area contributed by atoms with Crippen LogP contribution < -0.4 is 0 Å². The maximum absolute atomic E-state index is 5.54. The smallest absolute Gasteiger partial charge is 0.188 e. The molecule has 0 saturated carbocycles. The predicted molar refractivity (Wildman–Crippen MR) is 48.3 cm³/mol. The molecule has 2 aromatic rings. The van der Waals surface area contributed by atoms with Gasteiger partial charge in [0.05, 0.1) is 0 Å². The maximum atomic E-state index is 5.54. The van der Waals surface area contributed by atoms with E-state index in [0.717, 1.165) is 10.7 Å². The monoisotopic (exact) mass is 166 g/mol. The van der Waals surface area contributed by atoms with E-state index in [1.165, 1.54) is 15.8 Å². The normalized spacial score (nSPS) is 11.2. The van der Waals surface area contributed by atoms with Gasteiger partial charge in [-0.2, -0.15) is 0 Å². The van der Waals surface area contributed by atoms with Crippen LogP contribution >= 0.6 is 11.3 Å². The van der Waals surface area contributed by atoms with Gasteiger partial charge >= 0.3 is 0 Å². The standard InChI is InChI=1S/C9H10OS/c1-5-4-8-6(2)7(3)10-9(8)11-5/h4H,1-3H3. The van der Waals surface area contributed by atoms with Crippen LogP contribution in [-0.4, -0.2) is 0 Å². The second-order valence-electron chi connectivity index (χ2n) is 2.84. The SMILES string of the molecule is Cc1cc2c(C)c(C)oc2s1. The molecule has 2 aromatic heterocycles. The van der Waals surface area contributed by atoms with Crippen LogP contribution in [0.3, 0.4) is 0 Å². The highest BCUT2D eigenvalue weighted by molar-refractivity contribution is 7.18. The Balaban J connectivity index is 2.88. The Morgan fingerprint density at radius 3 is 2.64 bits per heavy atom. The van der Waals surface area contributed by atoms with E-state index >= 15 is 0 Å². The Morgan fingerprint density at radius 2 is 2.00 bits per heavy atom. The first-order valence-corrected chi connectivity index (χ1v) is 4.46. The highest BCUT2D eigenvalue weighted by atomic mass is 32.1. The number of rotatable bonds is 0. The summed E-state index contributed by atoms with van der Waals surface area (Å²) in [6.45, 7) is 6.22. The molecule has 2 heterocycles. The molecule has 1 nitrogen and oxygen atoms in total. The zero-order valence-corrected chi connectivity index (χ0v) is 7.71. The second kappa shape index (κ2) is 2.11. The number of furan rings is 1. The fraction of sp³-hybridized carbons (Fsp3) is 0.333. The highest BCUT2D eigenvalue weighted by Crippen LogP contribution is 2.31. The Kier molecular flexibility index (Phi) is 1.33. The van der Waals surface area contributed by atoms with Gasteiger partial charge in [-0.1, -0.05) is 0 Å². The molecule has 0 aromatic carbocycles. The minimum Gasteiger partial charge on any atom is -0.450 e. The molecule has 0 aliphatic rings. The summed E-state index contributed by atoms with van der Waals surface area (Å²) >= 11 is 1.72. The summed E-state index contributed by atoms with van der Waals surface area (Å²) in [6, 6.07) is 2.19. The molecule has 0 amide bonds. The van der Waals surface area contributed by atoms with Crippen LogP contribution in [0, 0.1) is 20.8 Å². The van der Waals surface area contributed by atoms with Crippen LogP contribution in [0.25, 0.3) is 10.3 Å². The number of aryl methyl sites for hydroxylation is 3. The molecule has 2 rings (SSSR count). The van der Waals surface area contributed by atoms with Crippen molar-refractivity contribution >= 4 is 21.6 Å². The lowest BCUT2D eigenvalue weighted by molar-refractivity contribution is 0.582. The van der Waals surface area contributed by atoms with Crippen LogP contribution in [0.5, 0.6) is 0 Å². The third kappa shape index (κ3) is 0.897. The first kappa shape index (κ1) is 6.92. The minimum absolute atomic E-state index is 1.05. The highest BCUT2D eigenvalue weighted by Gasteiger charge is 2.08. The summed E-state index contributed by atoms with van der Waals surface area (Å²) in [6.07, 6.45) is 0. The average molecular weight is 166 g/mol. The van der Waals surface area contributed by atoms with E-state index in [2.05, 4.69) is 19.9 Å². The Bertz CT molecular complexity index is 395. The molecule has 0 radical (unpaired) electrons. The lowest BCUT2D eigenvalue weighted by Gasteiger charge is -1.83. The summed E-state index contributed by atoms with van der Waals surface area (Å²) < 4.78 is 5.54. The van der Waals surface area contributed by atoms with Gasteiger partial charge in [0.15, 0.2) is 4.90 Å². The molecule has 0 aliphatic heterocycles. The number of fused-ring (bicyclic) bond motifs is 1. The Labute approximate surface area is 69.6 Å². The van der Waals surface area contributed by atoms with E-state index in [1.54, 1.807) is 11.3 Å². The predicted octanol–water partition coefficient (Wildman–Crippen LogP) is 3.42. The number of hydrogen-bond donors (Lipinski definition) is 0. The van der Waals surface area contributed by atoms with E-state index in [1.807, 2.05) is 6.92 Å². The largest absolute Gasteiger partial charge is 0.450 e. The minimum atomic E-state index is 1.05. The van der Waals surface area contributed by atoms with Crippen molar-refractivity contribution < 1.29 is 4.42 Å². The zero-order valence-electron chi connectivity index (χ0n) is 6.89. The molecule has 0 unspecified atom stereocenters. The van der Waals surface area contributed by atoms with Crippen molar-refractivity contribution in [2.24, 2.45) is 0 Å². The summed E-state index contributed by atoms with van der Waals surface area (Å²) in [5.74, 6) is 1.05. The van der Waals surface area contributed by atoms with E-state index in [0.29, 0.717) is 0 Å². The number of hydrogen-bond acceptors (Lipinski definition) is 2. The van der Waals surface area contributed by atoms with E-state index in [-0.39, 0.29) is 0 Å². The molecule has 0 fully saturated rings. The molecule has 0 spiro atoms. The van der Waals surface area contributed by atoms with Crippen LogP contribution in [0.1, 0.15) is 16.2 Å². The molecule has 0 bridgehead atoms. The van der Waals surface area contributed by atoms with Gasteiger partial charge in [-0.3, -0.25) is 0 Å². The van der Waals surface area contributed by atoms with Gasteiger partial charge in [0.1, 0.15) is 5.76 Å². The van der Waals surface area contributed by atoms with Crippen LogP contribution in [-0.2, 0) is 0 Å². The third-order valence-electron chi connectivity index (χ3n) is 2.00. The first-order chi connectivity index (χ1) is 5.18. The quantitative estimate of drug-likeness (QED) is 0.584. The molecule has 11 heavy (non-hydrogen) atoms. The van der Waals surface area contributed by atoms with Gasteiger partial charge in [-0.15, -0.1) is 11.3 Å². The Morgan fingerprint density at radius 1 is 1.27 bits per heavy atom. The van der Waals surface area contributed by atoms with Crippen molar-refractivity contribution in [3.63, 3.8) is 0 Å². The first-order valence-electron chi connectivity index (χ1n) is 3.64. The average Bonchev–Trinajstić information content (AvgIpc) is 2.37. The topological polar surface area (TPSA) is 13.1 Å². The summed E-state index contributed by atoms with van der Waals surface area (Å²) in [7, 11) is 0. The van der Waals surface area contributed by atoms with Gasteiger partial charge in [-0.05, 0) is 32.4 Å². The fourth-order valence-corrected chi connectivity index (χ4v) is 2.19. The van der Waals surface area contributed by atoms with Gasteiger partial charge in [-0.25, -0.2) is 0 Å². The van der Waals surface area contributed by atoms with E-state index in [4.69, 9.17) is 4.42 Å². The van der Waals surface area contributed by atoms with Crippen molar-refractivity contribution in [3.05, 3.63) is 22.3 Å². The summed E-state index contributed by atoms with van der Waals surface area (Å²) in [5, 5.41) is 1.28. The van der Waals surface area contributed by atoms with Crippen molar-refractivity contribution in [2.75, 3.05) is 0 Å². The van der Waals surface area contributed by atoms with Crippen LogP contribution in [0.4, 0.5) is 0 Å². The molecule has 2 heteroatoms. The maximum Gasteiger partial charge on any atom is 0.188 e. The fourth-order valence-electron chi connectivity index (χ4n) is 1.24. The zero-order chi connectivity index (χ0) is 8.01. The van der Waals surface area contributed by atoms with E-state index < -0.39 is 0 Å². The lowest BCUT2D eigenvalue weighted by Crippen LogP contribution is -1.67. The van der Waals surface area contributed by atoms with Crippen molar-refractivity contribution in [1.82, 2.24) is 0 Å². The molecule has 0 saturated heterocycles. The van der Waals surface area contributed by atoms with Gasteiger partial charge in [0, 0.05) is 10.3 Å². The molecule has 0 N–H and O–H groups in total. The molecule has 0 atom stereocenters.